The molecule has 0 aliphatic heterocycles. The van der Waals surface area contributed by atoms with Gasteiger partial charge in [0, 0.05) is 5.02 Å². The first-order chi connectivity index (χ1) is 7.32. The van der Waals surface area contributed by atoms with Gasteiger partial charge >= 0.3 is 12.1 Å². The minimum absolute atomic E-state index is 0.0614. The van der Waals surface area contributed by atoms with Crippen molar-refractivity contribution in [3.05, 3.63) is 34.3 Å². The van der Waals surface area contributed by atoms with Crippen LogP contribution >= 0.6 is 11.6 Å². The first-order valence-corrected chi connectivity index (χ1v) is 4.64. The summed E-state index contributed by atoms with van der Waals surface area (Å²) in [5.74, 6) is -0.615. The summed E-state index contributed by atoms with van der Waals surface area (Å²) in [5, 5.41) is -0.0614. The van der Waals surface area contributed by atoms with Crippen molar-refractivity contribution in [1.29, 1.82) is 0 Å². The first kappa shape index (κ1) is 12.8. The molecular formula is C10H8ClF3O2. The van der Waals surface area contributed by atoms with Crippen molar-refractivity contribution in [3.63, 3.8) is 0 Å². The smallest absolute Gasteiger partial charge is 0.416 e. The number of halogens is 4. The quantitative estimate of drug-likeness (QED) is 0.756. The van der Waals surface area contributed by atoms with Gasteiger partial charge < -0.3 is 4.74 Å². The van der Waals surface area contributed by atoms with Crippen LogP contribution in [0, 0.1) is 0 Å². The molecule has 0 spiro atoms. The van der Waals surface area contributed by atoms with Gasteiger partial charge in [0.1, 0.15) is 0 Å². The Morgan fingerprint density at radius 2 is 2.00 bits per heavy atom. The van der Waals surface area contributed by atoms with Gasteiger partial charge in [-0.05, 0) is 23.8 Å². The number of hydrogen-bond donors (Lipinski definition) is 0. The highest BCUT2D eigenvalue weighted by Gasteiger charge is 2.31. The van der Waals surface area contributed by atoms with E-state index in [1.807, 2.05) is 0 Å². The van der Waals surface area contributed by atoms with Crippen LogP contribution in [0.2, 0.25) is 5.02 Å². The van der Waals surface area contributed by atoms with E-state index in [4.69, 9.17) is 11.6 Å². The van der Waals surface area contributed by atoms with Gasteiger partial charge in [0.25, 0.3) is 0 Å². The third kappa shape index (κ3) is 3.41. The summed E-state index contributed by atoms with van der Waals surface area (Å²) in [6, 6.07) is 2.98. The summed E-state index contributed by atoms with van der Waals surface area (Å²) in [7, 11) is 1.16. The molecule has 0 N–H and O–H groups in total. The highest BCUT2D eigenvalue weighted by Crippen LogP contribution is 2.31. The lowest BCUT2D eigenvalue weighted by molar-refractivity contribution is -0.140. The number of carbonyl (C=O) groups excluding carboxylic acids is 1. The van der Waals surface area contributed by atoms with Crippen molar-refractivity contribution >= 4 is 17.6 Å². The average molecular weight is 253 g/mol. The highest BCUT2D eigenvalue weighted by molar-refractivity contribution is 6.30. The molecule has 0 fully saturated rings. The number of ether oxygens (including phenoxy) is 1. The molecule has 88 valence electrons. The van der Waals surface area contributed by atoms with Gasteiger partial charge in [-0.3, -0.25) is 4.79 Å². The largest absolute Gasteiger partial charge is 0.469 e. The zero-order valence-electron chi connectivity index (χ0n) is 8.27. The molecule has 0 amide bonds. The van der Waals surface area contributed by atoms with Gasteiger partial charge in [-0.1, -0.05) is 11.6 Å². The predicted molar refractivity (Wildman–Crippen MR) is 52.2 cm³/mol. The van der Waals surface area contributed by atoms with Crippen molar-refractivity contribution in [2.24, 2.45) is 0 Å². The molecular weight excluding hydrogens is 245 g/mol. The van der Waals surface area contributed by atoms with Crippen LogP contribution in [0.15, 0.2) is 18.2 Å². The Balaban J connectivity index is 3.04. The molecule has 1 aromatic rings. The third-order valence-electron chi connectivity index (χ3n) is 1.86. The van der Waals surface area contributed by atoms with Crippen molar-refractivity contribution < 1.29 is 22.7 Å². The molecule has 0 saturated carbocycles. The van der Waals surface area contributed by atoms with Crippen LogP contribution in [0.5, 0.6) is 0 Å². The molecule has 0 atom stereocenters. The molecule has 16 heavy (non-hydrogen) atoms. The molecule has 0 unspecified atom stereocenters. The molecule has 2 nitrogen and oxygen atoms in total. The maximum Gasteiger partial charge on any atom is 0.416 e. The van der Waals surface area contributed by atoms with E-state index in [2.05, 4.69) is 4.74 Å². The predicted octanol–water partition coefficient (Wildman–Crippen LogP) is 3.07. The number of hydrogen-bond acceptors (Lipinski definition) is 2. The van der Waals surface area contributed by atoms with Crippen LogP contribution in [0.4, 0.5) is 13.2 Å². The van der Waals surface area contributed by atoms with E-state index in [9.17, 15) is 18.0 Å². The fourth-order valence-corrected chi connectivity index (χ4v) is 1.41. The number of benzene rings is 1. The van der Waals surface area contributed by atoms with Crippen LogP contribution in [0.25, 0.3) is 0 Å². The van der Waals surface area contributed by atoms with Gasteiger partial charge in [0.15, 0.2) is 0 Å². The van der Waals surface area contributed by atoms with E-state index in [1.54, 1.807) is 0 Å². The molecule has 0 bridgehead atoms. The lowest BCUT2D eigenvalue weighted by Gasteiger charge is -2.09. The Morgan fingerprint density at radius 3 is 2.50 bits per heavy atom. The topological polar surface area (TPSA) is 26.3 Å². The van der Waals surface area contributed by atoms with E-state index in [1.165, 1.54) is 6.07 Å². The molecule has 6 heteroatoms. The summed E-state index contributed by atoms with van der Waals surface area (Å²) in [4.78, 5) is 10.9. The molecule has 0 heterocycles. The maximum atomic E-state index is 12.4. The minimum atomic E-state index is -4.48. The number of methoxy groups -OCH3 is 1. The van der Waals surface area contributed by atoms with Crippen LogP contribution < -0.4 is 0 Å². The fourth-order valence-electron chi connectivity index (χ4n) is 1.15. The summed E-state index contributed by atoms with van der Waals surface area (Å²) >= 11 is 5.53. The van der Waals surface area contributed by atoms with E-state index in [-0.39, 0.29) is 17.0 Å². The Labute approximate surface area is 95.0 Å². The molecule has 0 saturated heterocycles. The second kappa shape index (κ2) is 4.74. The normalized spacial score (nSPS) is 11.3. The van der Waals surface area contributed by atoms with Gasteiger partial charge in [-0.25, -0.2) is 0 Å². The Morgan fingerprint density at radius 1 is 1.38 bits per heavy atom. The Hall–Kier alpha value is -1.23. The summed E-state index contributed by atoms with van der Waals surface area (Å²) in [5.41, 5.74) is -0.703. The molecule has 0 aliphatic carbocycles. The van der Waals surface area contributed by atoms with Gasteiger partial charge in [0.05, 0.1) is 19.1 Å². The number of rotatable bonds is 2. The van der Waals surface area contributed by atoms with Gasteiger partial charge in [0.2, 0.25) is 0 Å². The van der Waals surface area contributed by atoms with Gasteiger partial charge in [-0.2, -0.15) is 13.2 Å². The second-order valence-corrected chi connectivity index (χ2v) is 3.54. The third-order valence-corrected chi connectivity index (χ3v) is 2.08. The van der Waals surface area contributed by atoms with Gasteiger partial charge in [-0.15, -0.1) is 0 Å². The van der Waals surface area contributed by atoms with Crippen molar-refractivity contribution in [3.8, 4) is 0 Å². The summed E-state index contributed by atoms with van der Waals surface area (Å²) in [6.45, 7) is 0. The first-order valence-electron chi connectivity index (χ1n) is 4.26. The molecule has 1 aromatic carbocycles. The van der Waals surface area contributed by atoms with E-state index in [0.717, 1.165) is 19.2 Å². The van der Waals surface area contributed by atoms with Crippen LogP contribution in [0.1, 0.15) is 11.1 Å². The highest BCUT2D eigenvalue weighted by atomic mass is 35.5. The van der Waals surface area contributed by atoms with E-state index in [0.29, 0.717) is 0 Å². The summed E-state index contributed by atoms with van der Waals surface area (Å²) in [6.07, 6.45) is -4.71. The zero-order valence-corrected chi connectivity index (χ0v) is 9.02. The Bertz CT molecular complexity index is 402. The van der Waals surface area contributed by atoms with Crippen molar-refractivity contribution in [2.75, 3.05) is 7.11 Å². The van der Waals surface area contributed by atoms with Crippen LogP contribution in [-0.4, -0.2) is 13.1 Å². The lowest BCUT2D eigenvalue weighted by Crippen LogP contribution is -2.08. The molecule has 1 rings (SSSR count). The van der Waals surface area contributed by atoms with Crippen molar-refractivity contribution in [1.82, 2.24) is 0 Å². The van der Waals surface area contributed by atoms with E-state index < -0.39 is 17.7 Å². The molecule has 0 aromatic heterocycles. The average Bonchev–Trinajstić information content (AvgIpc) is 2.15. The Kier molecular flexibility index (Phi) is 3.80. The number of alkyl halides is 3. The number of esters is 1. The molecule has 0 radical (unpaired) electrons. The van der Waals surface area contributed by atoms with Crippen molar-refractivity contribution in [2.45, 2.75) is 12.6 Å². The number of carbonyl (C=O) groups is 1. The van der Waals surface area contributed by atoms with Crippen LogP contribution in [0.3, 0.4) is 0 Å². The minimum Gasteiger partial charge on any atom is -0.469 e. The monoisotopic (exact) mass is 252 g/mol. The lowest BCUT2D eigenvalue weighted by atomic mass is 10.1. The SMILES string of the molecule is COC(=O)Cc1cc(Cl)cc(C(F)(F)F)c1. The summed E-state index contributed by atoms with van der Waals surface area (Å²) < 4.78 is 41.5. The van der Waals surface area contributed by atoms with E-state index >= 15 is 0 Å². The second-order valence-electron chi connectivity index (χ2n) is 3.10. The fraction of sp³-hybridized carbons (Fsp3) is 0.300. The maximum absolute atomic E-state index is 12.4. The molecule has 0 aliphatic rings. The van der Waals surface area contributed by atoms with Crippen LogP contribution in [-0.2, 0) is 22.1 Å². The standard InChI is InChI=1S/C10H8ClF3O2/c1-16-9(15)4-6-2-7(10(12,13)14)5-8(11)3-6/h2-3,5H,4H2,1H3. The zero-order chi connectivity index (χ0) is 12.3.